The maximum Gasteiger partial charge on any atom is 0.0346 e. The van der Waals surface area contributed by atoms with Crippen molar-refractivity contribution in [1.82, 2.24) is 4.98 Å². The summed E-state index contributed by atoms with van der Waals surface area (Å²) in [4.78, 5) is 4.33. The smallest absolute Gasteiger partial charge is 0.0346 e. The van der Waals surface area contributed by atoms with Crippen LogP contribution in [-0.2, 0) is 0 Å². The Morgan fingerprint density at radius 1 is 1.16 bits per heavy atom. The van der Waals surface area contributed by atoms with Gasteiger partial charge in [0.25, 0.3) is 0 Å². The van der Waals surface area contributed by atoms with Crippen molar-refractivity contribution in [2.75, 3.05) is 0 Å². The minimum Gasteiger partial charge on any atom is -0.324 e. The second-order valence-corrected chi connectivity index (χ2v) is 5.78. The Bertz CT molecular complexity index is 538. The molecule has 1 aliphatic rings. The molecule has 2 nitrogen and oxygen atoms in total. The summed E-state index contributed by atoms with van der Waals surface area (Å²) in [5, 5.41) is 2.45. The summed E-state index contributed by atoms with van der Waals surface area (Å²) < 4.78 is 0. The van der Waals surface area contributed by atoms with Gasteiger partial charge in [0.1, 0.15) is 0 Å². The largest absolute Gasteiger partial charge is 0.324 e. The van der Waals surface area contributed by atoms with Crippen molar-refractivity contribution in [2.24, 2.45) is 11.7 Å². The van der Waals surface area contributed by atoms with Gasteiger partial charge in [-0.1, -0.05) is 49.9 Å². The lowest BCUT2D eigenvalue weighted by Gasteiger charge is -2.16. The van der Waals surface area contributed by atoms with Crippen LogP contribution in [0.1, 0.15) is 50.1 Å². The minimum absolute atomic E-state index is 0.124. The molecule has 100 valence electrons. The summed E-state index contributed by atoms with van der Waals surface area (Å²) >= 11 is 0. The van der Waals surface area contributed by atoms with Crippen LogP contribution in [0.2, 0.25) is 0 Å². The average molecular weight is 254 g/mol. The topological polar surface area (TPSA) is 38.9 Å². The highest BCUT2D eigenvalue weighted by Gasteiger charge is 2.17. The molecule has 0 amide bonds. The number of aromatic nitrogens is 1. The van der Waals surface area contributed by atoms with Crippen LogP contribution in [0.3, 0.4) is 0 Å². The van der Waals surface area contributed by atoms with Gasteiger partial charge in [0, 0.05) is 23.8 Å². The second-order valence-electron chi connectivity index (χ2n) is 5.78. The van der Waals surface area contributed by atoms with E-state index in [2.05, 4.69) is 29.2 Å². The molecule has 1 heterocycles. The fraction of sp³-hybridized carbons (Fsp3) is 0.471. The summed E-state index contributed by atoms with van der Waals surface area (Å²) in [5.41, 5.74) is 7.60. The van der Waals surface area contributed by atoms with Crippen LogP contribution in [0.15, 0.2) is 36.7 Å². The van der Waals surface area contributed by atoms with Crippen LogP contribution in [0.5, 0.6) is 0 Å². The van der Waals surface area contributed by atoms with E-state index < -0.39 is 0 Å². The Morgan fingerprint density at radius 3 is 2.79 bits per heavy atom. The summed E-state index contributed by atoms with van der Waals surface area (Å²) in [5.74, 6) is 0.911. The SMILES string of the molecule is NC(CCC1CCCC1)c1cncc2ccccc12. The van der Waals surface area contributed by atoms with Crippen LogP contribution in [-0.4, -0.2) is 4.98 Å². The van der Waals surface area contributed by atoms with E-state index in [1.54, 1.807) is 0 Å². The molecule has 2 heteroatoms. The van der Waals surface area contributed by atoms with Gasteiger partial charge in [0.2, 0.25) is 0 Å². The van der Waals surface area contributed by atoms with Crippen molar-refractivity contribution in [3.8, 4) is 0 Å². The van der Waals surface area contributed by atoms with Crippen molar-refractivity contribution in [3.63, 3.8) is 0 Å². The van der Waals surface area contributed by atoms with E-state index in [1.165, 1.54) is 48.4 Å². The van der Waals surface area contributed by atoms with E-state index in [4.69, 9.17) is 5.73 Å². The van der Waals surface area contributed by atoms with Crippen molar-refractivity contribution < 1.29 is 0 Å². The van der Waals surface area contributed by atoms with Gasteiger partial charge in [0.15, 0.2) is 0 Å². The maximum absolute atomic E-state index is 6.40. The molecule has 0 aliphatic heterocycles. The van der Waals surface area contributed by atoms with Gasteiger partial charge in [-0.15, -0.1) is 0 Å². The quantitative estimate of drug-likeness (QED) is 0.887. The molecule has 1 aliphatic carbocycles. The van der Waals surface area contributed by atoms with Gasteiger partial charge >= 0.3 is 0 Å². The molecular formula is C17H22N2. The predicted octanol–water partition coefficient (Wildman–Crippen LogP) is 4.21. The third-order valence-corrected chi connectivity index (χ3v) is 4.46. The average Bonchev–Trinajstić information content (AvgIpc) is 2.97. The minimum atomic E-state index is 0.124. The third-order valence-electron chi connectivity index (χ3n) is 4.46. The Kier molecular flexibility index (Phi) is 3.79. The van der Waals surface area contributed by atoms with Gasteiger partial charge in [-0.3, -0.25) is 4.98 Å². The third kappa shape index (κ3) is 2.79. The fourth-order valence-corrected chi connectivity index (χ4v) is 3.31. The van der Waals surface area contributed by atoms with Crippen LogP contribution >= 0.6 is 0 Å². The lowest BCUT2D eigenvalue weighted by molar-refractivity contribution is 0.454. The highest BCUT2D eigenvalue weighted by molar-refractivity contribution is 5.84. The predicted molar refractivity (Wildman–Crippen MR) is 79.9 cm³/mol. The monoisotopic (exact) mass is 254 g/mol. The summed E-state index contributed by atoms with van der Waals surface area (Å²) in [6.45, 7) is 0. The van der Waals surface area contributed by atoms with Crippen LogP contribution in [0.25, 0.3) is 10.8 Å². The molecule has 0 bridgehead atoms. The Balaban J connectivity index is 1.75. The Morgan fingerprint density at radius 2 is 1.95 bits per heavy atom. The first-order valence-corrected chi connectivity index (χ1v) is 7.43. The first-order chi connectivity index (χ1) is 9.34. The van der Waals surface area contributed by atoms with Gasteiger partial charge < -0.3 is 5.73 Å². The first kappa shape index (κ1) is 12.6. The summed E-state index contributed by atoms with van der Waals surface area (Å²) in [7, 11) is 0. The zero-order valence-electron chi connectivity index (χ0n) is 11.4. The van der Waals surface area contributed by atoms with Crippen molar-refractivity contribution in [1.29, 1.82) is 0 Å². The number of hydrogen-bond acceptors (Lipinski definition) is 2. The van der Waals surface area contributed by atoms with Crippen LogP contribution in [0, 0.1) is 5.92 Å². The van der Waals surface area contributed by atoms with E-state index in [9.17, 15) is 0 Å². The van der Waals surface area contributed by atoms with E-state index in [0.29, 0.717) is 0 Å². The number of benzene rings is 1. The Hall–Kier alpha value is -1.41. The number of hydrogen-bond donors (Lipinski definition) is 1. The van der Waals surface area contributed by atoms with Gasteiger partial charge in [-0.25, -0.2) is 0 Å². The number of fused-ring (bicyclic) bond motifs is 1. The van der Waals surface area contributed by atoms with Crippen molar-refractivity contribution in [2.45, 2.75) is 44.6 Å². The van der Waals surface area contributed by atoms with Crippen molar-refractivity contribution >= 4 is 10.8 Å². The molecule has 1 saturated carbocycles. The van der Waals surface area contributed by atoms with E-state index in [-0.39, 0.29) is 6.04 Å². The molecule has 19 heavy (non-hydrogen) atoms. The molecule has 0 saturated heterocycles. The number of nitrogens with zero attached hydrogens (tertiary/aromatic N) is 1. The van der Waals surface area contributed by atoms with Gasteiger partial charge in [-0.05, 0) is 29.7 Å². The molecule has 1 aromatic carbocycles. The van der Waals surface area contributed by atoms with E-state index >= 15 is 0 Å². The molecular weight excluding hydrogens is 232 g/mol. The van der Waals surface area contributed by atoms with E-state index in [1.807, 2.05) is 12.4 Å². The number of rotatable bonds is 4. The molecule has 2 N–H and O–H groups in total. The maximum atomic E-state index is 6.40. The summed E-state index contributed by atoms with van der Waals surface area (Å²) in [6.07, 6.45) is 11.8. The van der Waals surface area contributed by atoms with Crippen LogP contribution < -0.4 is 5.73 Å². The normalized spacial score (nSPS) is 17.9. The number of pyridine rings is 1. The molecule has 0 radical (unpaired) electrons. The molecule has 1 fully saturated rings. The fourth-order valence-electron chi connectivity index (χ4n) is 3.31. The lowest BCUT2D eigenvalue weighted by atomic mass is 9.94. The second kappa shape index (κ2) is 5.70. The lowest BCUT2D eigenvalue weighted by Crippen LogP contribution is -2.12. The van der Waals surface area contributed by atoms with Gasteiger partial charge in [-0.2, -0.15) is 0 Å². The van der Waals surface area contributed by atoms with Gasteiger partial charge in [0.05, 0.1) is 0 Å². The Labute approximate surface area is 115 Å². The standard InChI is InChI=1S/C17H22N2/c18-17(10-9-13-5-1-2-6-13)16-12-19-11-14-7-3-4-8-15(14)16/h3-4,7-8,11-13,17H,1-2,5-6,9-10,18H2. The summed E-state index contributed by atoms with van der Waals surface area (Å²) in [6, 6.07) is 8.52. The van der Waals surface area contributed by atoms with E-state index in [0.717, 1.165) is 12.3 Å². The highest BCUT2D eigenvalue weighted by Crippen LogP contribution is 2.32. The molecule has 0 spiro atoms. The van der Waals surface area contributed by atoms with Crippen LogP contribution in [0.4, 0.5) is 0 Å². The number of nitrogens with two attached hydrogens (primary N) is 1. The molecule has 1 unspecified atom stereocenters. The molecule has 1 aromatic heterocycles. The first-order valence-electron chi connectivity index (χ1n) is 7.43. The zero-order chi connectivity index (χ0) is 13.1. The zero-order valence-corrected chi connectivity index (χ0v) is 11.4. The van der Waals surface area contributed by atoms with Crippen molar-refractivity contribution in [3.05, 3.63) is 42.2 Å². The molecule has 3 rings (SSSR count). The highest BCUT2D eigenvalue weighted by atomic mass is 14.7. The molecule has 1 atom stereocenters. The molecule has 2 aromatic rings.